The van der Waals surface area contributed by atoms with Crippen molar-refractivity contribution in [3.63, 3.8) is 0 Å². The molecule has 7 nitrogen and oxygen atoms in total. The number of nitrogens with one attached hydrogen (secondary N) is 1. The van der Waals surface area contributed by atoms with Crippen LogP contribution >= 0.6 is 12.2 Å². The van der Waals surface area contributed by atoms with Crippen LogP contribution in [0.25, 0.3) is 11.3 Å². The van der Waals surface area contributed by atoms with Crippen LogP contribution in [0.15, 0.2) is 65.2 Å². The van der Waals surface area contributed by atoms with Gasteiger partial charge in [0, 0.05) is 25.4 Å². The van der Waals surface area contributed by atoms with Gasteiger partial charge in [-0.15, -0.1) is 0 Å². The van der Waals surface area contributed by atoms with Crippen molar-refractivity contribution in [2.45, 2.75) is 12.1 Å². The quantitative estimate of drug-likeness (QED) is 0.557. The smallest absolute Gasteiger partial charge is 0.335 e. The van der Waals surface area contributed by atoms with Crippen molar-refractivity contribution in [1.29, 1.82) is 0 Å². The number of hydrogen-bond acceptors (Lipinski definition) is 5. The van der Waals surface area contributed by atoms with Crippen LogP contribution in [0.4, 0.5) is 0 Å². The van der Waals surface area contributed by atoms with E-state index in [0.717, 1.165) is 5.69 Å². The van der Waals surface area contributed by atoms with Crippen LogP contribution < -0.4 is 5.32 Å². The van der Waals surface area contributed by atoms with Crippen LogP contribution in [-0.4, -0.2) is 46.3 Å². The average molecular weight is 423 g/mol. The van der Waals surface area contributed by atoms with E-state index < -0.39 is 5.97 Å². The standard InChI is InChI=1S/C22H21N3O4S/c1-28-12-11-25-20(19(24-22(25)30)16-7-2-3-10-23-16)18-9-8-17(29-18)14-5-4-6-15(13-14)21(26)27/h2-10,13,19-20H,11-12H2,1H3,(H,24,30)(H,26,27)/t19-,20-/m0/s1. The number of aromatic nitrogens is 1. The van der Waals surface area contributed by atoms with Crippen molar-refractivity contribution in [3.8, 4) is 11.3 Å². The minimum absolute atomic E-state index is 0.181. The number of hydrogen-bond donors (Lipinski definition) is 2. The van der Waals surface area contributed by atoms with Gasteiger partial charge in [-0.05, 0) is 48.6 Å². The number of carboxylic acid groups (broad SMARTS) is 1. The molecule has 0 amide bonds. The van der Waals surface area contributed by atoms with Gasteiger partial charge in [-0.2, -0.15) is 0 Å². The second-order valence-electron chi connectivity index (χ2n) is 6.90. The van der Waals surface area contributed by atoms with Gasteiger partial charge in [-0.25, -0.2) is 4.79 Å². The summed E-state index contributed by atoms with van der Waals surface area (Å²) in [5.41, 5.74) is 1.77. The maximum atomic E-state index is 11.3. The number of furan rings is 1. The number of pyridine rings is 1. The fourth-order valence-electron chi connectivity index (χ4n) is 3.62. The second kappa shape index (κ2) is 8.64. The van der Waals surface area contributed by atoms with Gasteiger partial charge in [-0.1, -0.05) is 18.2 Å². The third-order valence-electron chi connectivity index (χ3n) is 5.05. The molecule has 4 rings (SSSR count). The number of benzene rings is 1. The lowest BCUT2D eigenvalue weighted by Gasteiger charge is -2.25. The Bertz CT molecular complexity index is 1050. The highest BCUT2D eigenvalue weighted by atomic mass is 32.1. The number of rotatable bonds is 7. The topological polar surface area (TPSA) is 87.8 Å². The summed E-state index contributed by atoms with van der Waals surface area (Å²) in [4.78, 5) is 17.8. The van der Waals surface area contributed by atoms with E-state index in [9.17, 15) is 9.90 Å². The summed E-state index contributed by atoms with van der Waals surface area (Å²) >= 11 is 5.58. The molecule has 2 N–H and O–H groups in total. The maximum absolute atomic E-state index is 11.3. The first kappa shape index (κ1) is 20.1. The minimum atomic E-state index is -0.977. The lowest BCUT2D eigenvalue weighted by atomic mass is 10.0. The van der Waals surface area contributed by atoms with Crippen molar-refractivity contribution >= 4 is 23.3 Å². The largest absolute Gasteiger partial charge is 0.478 e. The van der Waals surface area contributed by atoms with Gasteiger partial charge in [0.25, 0.3) is 0 Å². The summed E-state index contributed by atoms with van der Waals surface area (Å²) in [6.07, 6.45) is 1.75. The summed E-state index contributed by atoms with van der Waals surface area (Å²) in [6, 6.07) is 15.8. The molecule has 0 spiro atoms. The molecule has 0 saturated carbocycles. The lowest BCUT2D eigenvalue weighted by molar-refractivity contribution is 0.0697. The minimum Gasteiger partial charge on any atom is -0.478 e. The number of carboxylic acids is 1. The first-order valence-corrected chi connectivity index (χ1v) is 9.90. The number of thiocarbonyl (C=S) groups is 1. The van der Waals surface area contributed by atoms with E-state index >= 15 is 0 Å². The molecule has 30 heavy (non-hydrogen) atoms. The van der Waals surface area contributed by atoms with E-state index in [1.165, 1.54) is 0 Å². The molecular weight excluding hydrogens is 402 g/mol. The Morgan fingerprint density at radius 1 is 1.27 bits per heavy atom. The predicted molar refractivity (Wildman–Crippen MR) is 115 cm³/mol. The van der Waals surface area contributed by atoms with Crippen molar-refractivity contribution in [3.05, 3.63) is 77.8 Å². The highest BCUT2D eigenvalue weighted by Gasteiger charge is 2.41. The Balaban J connectivity index is 1.71. The lowest BCUT2D eigenvalue weighted by Crippen LogP contribution is -2.32. The SMILES string of the molecule is COCCN1C(=S)N[C@@H](c2ccccn2)[C@@H]1c1ccc(-c2cccc(C(=O)O)c2)o1. The van der Waals surface area contributed by atoms with Crippen molar-refractivity contribution in [2.75, 3.05) is 20.3 Å². The van der Waals surface area contributed by atoms with E-state index in [2.05, 4.69) is 10.3 Å². The van der Waals surface area contributed by atoms with E-state index in [-0.39, 0.29) is 17.6 Å². The summed E-state index contributed by atoms with van der Waals surface area (Å²) in [6.45, 7) is 1.11. The van der Waals surface area contributed by atoms with E-state index in [1.807, 2.05) is 41.3 Å². The van der Waals surface area contributed by atoms with Crippen LogP contribution in [0.3, 0.4) is 0 Å². The Morgan fingerprint density at radius 3 is 2.87 bits per heavy atom. The van der Waals surface area contributed by atoms with E-state index in [4.69, 9.17) is 21.4 Å². The van der Waals surface area contributed by atoms with Crippen LogP contribution in [0.5, 0.6) is 0 Å². The van der Waals surface area contributed by atoms with E-state index in [1.54, 1.807) is 31.5 Å². The molecule has 0 radical (unpaired) electrons. The summed E-state index contributed by atoms with van der Waals surface area (Å²) in [5, 5.41) is 13.2. The molecule has 1 aromatic carbocycles. The molecule has 0 aliphatic carbocycles. The third-order valence-corrected chi connectivity index (χ3v) is 5.40. The Morgan fingerprint density at radius 2 is 2.13 bits per heavy atom. The Kier molecular flexibility index (Phi) is 5.78. The van der Waals surface area contributed by atoms with Gasteiger partial charge >= 0.3 is 5.97 Å². The molecule has 0 unspecified atom stereocenters. The summed E-state index contributed by atoms with van der Waals surface area (Å²) in [7, 11) is 1.65. The highest BCUT2D eigenvalue weighted by molar-refractivity contribution is 7.80. The van der Waals surface area contributed by atoms with Crippen molar-refractivity contribution in [1.82, 2.24) is 15.2 Å². The normalized spacial score (nSPS) is 18.4. The van der Waals surface area contributed by atoms with Gasteiger partial charge in [-0.3, -0.25) is 4.98 Å². The molecule has 2 atom stereocenters. The first-order valence-electron chi connectivity index (χ1n) is 9.49. The van der Waals surface area contributed by atoms with Crippen LogP contribution in [-0.2, 0) is 4.74 Å². The van der Waals surface area contributed by atoms with Gasteiger partial charge in [0.2, 0.25) is 0 Å². The summed E-state index contributed by atoms with van der Waals surface area (Å²) in [5.74, 6) is 0.331. The molecule has 1 aliphatic rings. The summed E-state index contributed by atoms with van der Waals surface area (Å²) < 4.78 is 11.5. The molecule has 154 valence electrons. The van der Waals surface area contributed by atoms with Crippen molar-refractivity contribution < 1.29 is 19.1 Å². The zero-order valence-electron chi connectivity index (χ0n) is 16.3. The third kappa shape index (κ3) is 3.92. The fraction of sp³-hybridized carbons (Fsp3) is 0.227. The van der Waals surface area contributed by atoms with E-state index in [0.29, 0.717) is 35.3 Å². The molecule has 8 heteroatoms. The average Bonchev–Trinajstić information content (AvgIpc) is 3.37. The Hall–Kier alpha value is -3.23. The van der Waals surface area contributed by atoms with Crippen LogP contribution in [0, 0.1) is 0 Å². The van der Waals surface area contributed by atoms with Gasteiger partial charge in [0.1, 0.15) is 17.6 Å². The molecule has 1 aliphatic heterocycles. The molecule has 0 bridgehead atoms. The van der Waals surface area contributed by atoms with Gasteiger partial charge in [0.05, 0.1) is 23.9 Å². The van der Waals surface area contributed by atoms with Gasteiger partial charge < -0.3 is 24.5 Å². The fourth-order valence-corrected chi connectivity index (χ4v) is 3.95. The van der Waals surface area contributed by atoms with Crippen LogP contribution in [0.2, 0.25) is 0 Å². The zero-order valence-corrected chi connectivity index (χ0v) is 17.1. The molecule has 3 heterocycles. The molecule has 1 saturated heterocycles. The maximum Gasteiger partial charge on any atom is 0.335 e. The molecule has 3 aromatic rings. The Labute approximate surface area is 179 Å². The number of methoxy groups -OCH3 is 1. The number of ether oxygens (including phenoxy) is 1. The predicted octanol–water partition coefficient (Wildman–Crippen LogP) is 3.66. The van der Waals surface area contributed by atoms with Crippen molar-refractivity contribution in [2.24, 2.45) is 0 Å². The number of nitrogens with zero attached hydrogens (tertiary/aromatic N) is 2. The number of aromatic carboxylic acids is 1. The molecule has 2 aromatic heterocycles. The number of carbonyl (C=O) groups is 1. The zero-order chi connectivity index (χ0) is 21.1. The monoisotopic (exact) mass is 423 g/mol. The highest BCUT2D eigenvalue weighted by Crippen LogP contribution is 2.40. The second-order valence-corrected chi connectivity index (χ2v) is 7.29. The first-order chi connectivity index (χ1) is 14.6. The van der Waals surface area contributed by atoms with Gasteiger partial charge in [0.15, 0.2) is 5.11 Å². The molecular formula is C22H21N3O4S. The van der Waals surface area contributed by atoms with Crippen LogP contribution in [0.1, 0.15) is 33.9 Å². The molecule has 1 fully saturated rings.